The van der Waals surface area contributed by atoms with Crippen LogP contribution in [0, 0.1) is 6.92 Å². The molecule has 1 fully saturated rings. The average Bonchev–Trinajstić information content (AvgIpc) is 2.67. The summed E-state index contributed by atoms with van der Waals surface area (Å²) in [5.74, 6) is -0.244. The fourth-order valence-electron chi connectivity index (χ4n) is 3.00. The van der Waals surface area contributed by atoms with Gasteiger partial charge in [-0.1, -0.05) is 24.3 Å². The van der Waals surface area contributed by atoms with Gasteiger partial charge in [-0.15, -0.1) is 0 Å². The van der Waals surface area contributed by atoms with Crippen LogP contribution in [-0.4, -0.2) is 54.7 Å². The third-order valence-electron chi connectivity index (χ3n) is 4.54. The second-order valence-corrected chi connectivity index (χ2v) is 6.28. The molecular formula is C20H22N2O4. The number of hydrogen-bond acceptors (Lipinski definition) is 4. The molecule has 1 heterocycles. The van der Waals surface area contributed by atoms with E-state index in [2.05, 4.69) is 4.90 Å². The van der Waals surface area contributed by atoms with Crippen LogP contribution in [0.3, 0.4) is 0 Å². The number of carboxylic acids is 1. The van der Waals surface area contributed by atoms with Crippen molar-refractivity contribution >= 4 is 17.6 Å². The highest BCUT2D eigenvalue weighted by molar-refractivity contribution is 5.88. The van der Waals surface area contributed by atoms with Crippen molar-refractivity contribution in [2.45, 2.75) is 6.92 Å². The van der Waals surface area contributed by atoms with Crippen molar-refractivity contribution in [2.75, 3.05) is 37.7 Å². The molecule has 0 aliphatic carbocycles. The van der Waals surface area contributed by atoms with Crippen molar-refractivity contribution in [1.29, 1.82) is 0 Å². The van der Waals surface area contributed by atoms with Gasteiger partial charge in [0, 0.05) is 31.9 Å². The van der Waals surface area contributed by atoms with Gasteiger partial charge in [-0.3, -0.25) is 4.79 Å². The van der Waals surface area contributed by atoms with E-state index in [1.165, 1.54) is 0 Å². The molecule has 2 aromatic carbocycles. The largest absolute Gasteiger partial charge is 0.484 e. The van der Waals surface area contributed by atoms with E-state index in [9.17, 15) is 9.59 Å². The summed E-state index contributed by atoms with van der Waals surface area (Å²) in [5, 5.41) is 9.11. The number of rotatable bonds is 5. The van der Waals surface area contributed by atoms with E-state index in [4.69, 9.17) is 9.84 Å². The van der Waals surface area contributed by atoms with Crippen LogP contribution in [0.15, 0.2) is 48.5 Å². The number of amides is 1. The Morgan fingerprint density at radius 3 is 2.46 bits per heavy atom. The first-order chi connectivity index (χ1) is 12.5. The van der Waals surface area contributed by atoms with Crippen molar-refractivity contribution in [3.05, 3.63) is 59.7 Å². The predicted molar refractivity (Wildman–Crippen MR) is 98.9 cm³/mol. The zero-order valence-electron chi connectivity index (χ0n) is 14.7. The maximum absolute atomic E-state index is 12.4. The number of anilines is 1. The van der Waals surface area contributed by atoms with Crippen molar-refractivity contribution < 1.29 is 19.4 Å². The molecule has 1 saturated heterocycles. The van der Waals surface area contributed by atoms with E-state index in [0.29, 0.717) is 26.2 Å². The van der Waals surface area contributed by atoms with Gasteiger partial charge in [0.15, 0.2) is 6.61 Å². The molecule has 0 aromatic heterocycles. The molecule has 3 rings (SSSR count). The van der Waals surface area contributed by atoms with Crippen LogP contribution in [0.5, 0.6) is 5.75 Å². The first-order valence-electron chi connectivity index (χ1n) is 8.59. The molecule has 0 spiro atoms. The number of nitrogens with zero attached hydrogens (tertiary/aromatic N) is 2. The summed E-state index contributed by atoms with van der Waals surface area (Å²) in [6.45, 7) is 4.49. The molecule has 0 radical (unpaired) electrons. The summed E-state index contributed by atoms with van der Waals surface area (Å²) in [4.78, 5) is 27.4. The number of aryl methyl sites for hydroxylation is 1. The molecule has 1 aliphatic rings. The van der Waals surface area contributed by atoms with E-state index in [1.807, 2.05) is 37.3 Å². The highest BCUT2D eigenvalue weighted by atomic mass is 16.5. The summed E-state index contributed by atoms with van der Waals surface area (Å²) < 4.78 is 5.64. The van der Waals surface area contributed by atoms with Crippen LogP contribution in [0.4, 0.5) is 5.69 Å². The molecule has 0 bridgehead atoms. The van der Waals surface area contributed by atoms with Gasteiger partial charge in [0.25, 0.3) is 5.91 Å². The van der Waals surface area contributed by atoms with E-state index >= 15 is 0 Å². The Morgan fingerprint density at radius 2 is 1.77 bits per heavy atom. The molecule has 136 valence electrons. The van der Waals surface area contributed by atoms with Gasteiger partial charge in [0.2, 0.25) is 0 Å². The molecule has 0 unspecified atom stereocenters. The number of hydrogen-bond donors (Lipinski definition) is 1. The molecule has 6 heteroatoms. The van der Waals surface area contributed by atoms with Crippen LogP contribution < -0.4 is 9.64 Å². The summed E-state index contributed by atoms with van der Waals surface area (Å²) in [7, 11) is 0. The van der Waals surface area contributed by atoms with Crippen molar-refractivity contribution in [3.63, 3.8) is 0 Å². The second-order valence-electron chi connectivity index (χ2n) is 6.28. The van der Waals surface area contributed by atoms with Gasteiger partial charge in [-0.2, -0.15) is 0 Å². The second kappa shape index (κ2) is 7.91. The predicted octanol–water partition coefficient (Wildman–Crippen LogP) is 2.42. The maximum atomic E-state index is 12.4. The van der Waals surface area contributed by atoms with Crippen LogP contribution >= 0.6 is 0 Å². The molecule has 1 N–H and O–H groups in total. The lowest BCUT2D eigenvalue weighted by molar-refractivity contribution is -0.133. The summed E-state index contributed by atoms with van der Waals surface area (Å²) in [6.07, 6.45) is 0. The lowest BCUT2D eigenvalue weighted by atomic mass is 10.1. The van der Waals surface area contributed by atoms with Gasteiger partial charge >= 0.3 is 5.97 Å². The van der Waals surface area contributed by atoms with E-state index in [-0.39, 0.29) is 18.1 Å². The monoisotopic (exact) mass is 354 g/mol. The van der Waals surface area contributed by atoms with Crippen LogP contribution in [-0.2, 0) is 4.79 Å². The quantitative estimate of drug-likeness (QED) is 0.893. The fourth-order valence-corrected chi connectivity index (χ4v) is 3.00. The Bertz CT molecular complexity index is 798. The molecule has 1 amide bonds. The minimum atomic E-state index is -0.936. The van der Waals surface area contributed by atoms with Gasteiger partial charge in [0.1, 0.15) is 5.75 Å². The molecular weight excluding hydrogens is 332 g/mol. The summed E-state index contributed by atoms with van der Waals surface area (Å²) in [5.41, 5.74) is 2.14. The first-order valence-corrected chi connectivity index (χ1v) is 8.59. The number of carbonyl (C=O) groups excluding carboxylic acids is 1. The smallest absolute Gasteiger partial charge is 0.335 e. The van der Waals surface area contributed by atoms with Gasteiger partial charge < -0.3 is 19.6 Å². The first kappa shape index (κ1) is 17.8. The number of carbonyl (C=O) groups is 2. The highest BCUT2D eigenvalue weighted by Gasteiger charge is 2.22. The number of carboxylic acid groups (broad SMARTS) is 1. The molecule has 0 saturated carbocycles. The fraction of sp³-hybridized carbons (Fsp3) is 0.300. The zero-order chi connectivity index (χ0) is 18.5. The van der Waals surface area contributed by atoms with Crippen molar-refractivity contribution in [2.24, 2.45) is 0 Å². The molecule has 0 atom stereocenters. The van der Waals surface area contributed by atoms with E-state index in [1.54, 1.807) is 23.1 Å². The van der Waals surface area contributed by atoms with E-state index < -0.39 is 5.97 Å². The SMILES string of the molecule is Cc1ccccc1OCC(=O)N1CCN(c2cccc(C(=O)O)c2)CC1. The normalized spacial score (nSPS) is 14.2. The number of piperazine rings is 1. The summed E-state index contributed by atoms with van der Waals surface area (Å²) >= 11 is 0. The number of benzene rings is 2. The molecule has 26 heavy (non-hydrogen) atoms. The van der Waals surface area contributed by atoms with E-state index in [0.717, 1.165) is 17.0 Å². The van der Waals surface area contributed by atoms with Gasteiger partial charge in [0.05, 0.1) is 5.56 Å². The average molecular weight is 354 g/mol. The molecule has 1 aliphatic heterocycles. The van der Waals surface area contributed by atoms with Crippen molar-refractivity contribution in [1.82, 2.24) is 4.90 Å². The highest BCUT2D eigenvalue weighted by Crippen LogP contribution is 2.19. The molecule has 6 nitrogen and oxygen atoms in total. The van der Waals surface area contributed by atoms with Gasteiger partial charge in [-0.05, 0) is 36.8 Å². The van der Waals surface area contributed by atoms with Gasteiger partial charge in [-0.25, -0.2) is 4.79 Å². The molecule has 2 aromatic rings. The Morgan fingerprint density at radius 1 is 1.04 bits per heavy atom. The number of aromatic carboxylic acids is 1. The van der Waals surface area contributed by atoms with Crippen LogP contribution in [0.25, 0.3) is 0 Å². The Labute approximate surface area is 152 Å². The third-order valence-corrected chi connectivity index (χ3v) is 4.54. The maximum Gasteiger partial charge on any atom is 0.335 e. The number of ether oxygens (including phenoxy) is 1. The summed E-state index contributed by atoms with van der Waals surface area (Å²) in [6, 6.07) is 14.5. The zero-order valence-corrected chi connectivity index (χ0v) is 14.7. The van der Waals surface area contributed by atoms with Crippen molar-refractivity contribution in [3.8, 4) is 5.75 Å². The Balaban J connectivity index is 1.53. The minimum Gasteiger partial charge on any atom is -0.484 e. The lowest BCUT2D eigenvalue weighted by Crippen LogP contribution is -2.50. The van der Waals surface area contributed by atoms with Crippen LogP contribution in [0.2, 0.25) is 0 Å². The minimum absolute atomic E-state index is 0.0271. The Hall–Kier alpha value is -3.02. The number of para-hydroxylation sites is 1. The lowest BCUT2D eigenvalue weighted by Gasteiger charge is -2.36. The van der Waals surface area contributed by atoms with Crippen LogP contribution in [0.1, 0.15) is 15.9 Å². The topological polar surface area (TPSA) is 70.1 Å². The standard InChI is InChI=1S/C20H22N2O4/c1-15-5-2-3-8-18(15)26-14-19(23)22-11-9-21(10-12-22)17-7-4-6-16(13-17)20(24)25/h2-8,13H,9-12,14H2,1H3,(H,24,25). The third kappa shape index (κ3) is 4.14. The Kier molecular flexibility index (Phi) is 5.41.